The molecule has 7 nitrogen and oxygen atoms in total. The quantitative estimate of drug-likeness (QED) is 0.655. The molecule has 0 aliphatic rings. The maximum Gasteiger partial charge on any atom is 0.284 e. The highest BCUT2D eigenvalue weighted by Crippen LogP contribution is 2.10. The second-order valence-corrected chi connectivity index (χ2v) is 4.22. The second-order valence-electron chi connectivity index (χ2n) is 4.22. The van der Waals surface area contributed by atoms with E-state index in [1.807, 2.05) is 30.3 Å². The number of primary amides is 1. The number of hydrogen-bond donors (Lipinski definition) is 3. The van der Waals surface area contributed by atoms with Crippen molar-refractivity contribution >= 4 is 23.0 Å². The van der Waals surface area contributed by atoms with Crippen LogP contribution in [0.3, 0.4) is 0 Å². The molecule has 0 aliphatic heterocycles. The minimum Gasteiger partial charge on any atom is -0.363 e. The number of fused-ring (bicyclic) bond motifs is 1. The average molecular weight is 268 g/mol. The summed E-state index contributed by atoms with van der Waals surface area (Å²) in [6.45, 7) is 0.611. The zero-order valence-corrected chi connectivity index (χ0v) is 10.5. The molecule has 0 radical (unpaired) electrons. The van der Waals surface area contributed by atoms with Gasteiger partial charge in [0.25, 0.3) is 5.91 Å². The van der Waals surface area contributed by atoms with E-state index in [-0.39, 0.29) is 5.82 Å². The number of carbonyl (C=O) groups excluding carboxylic acids is 1. The number of nitrogens with one attached hydrogen (secondary N) is 2. The number of rotatable bonds is 4. The fraction of sp³-hybridized carbons (Fsp3) is 0.0769. The molecule has 1 amide bonds. The van der Waals surface area contributed by atoms with E-state index in [4.69, 9.17) is 5.73 Å². The maximum absolute atomic E-state index is 11.0. The molecule has 3 aromatic rings. The molecule has 0 aliphatic carbocycles. The van der Waals surface area contributed by atoms with Gasteiger partial charge >= 0.3 is 0 Å². The topological polar surface area (TPSA) is 110 Å². The summed E-state index contributed by atoms with van der Waals surface area (Å²) in [5, 5.41) is 3.10. The minimum absolute atomic E-state index is 0.0782. The van der Waals surface area contributed by atoms with Crippen LogP contribution in [0, 0.1) is 0 Å². The van der Waals surface area contributed by atoms with Crippen LogP contribution in [0.25, 0.3) is 11.2 Å². The van der Waals surface area contributed by atoms with Gasteiger partial charge in [-0.15, -0.1) is 0 Å². The van der Waals surface area contributed by atoms with E-state index in [2.05, 4.69) is 25.3 Å². The molecular formula is C13H12N6O. The number of benzene rings is 1. The monoisotopic (exact) mass is 268 g/mol. The summed E-state index contributed by atoms with van der Waals surface area (Å²) in [6, 6.07) is 9.90. The third-order valence-electron chi connectivity index (χ3n) is 2.77. The van der Waals surface area contributed by atoms with Gasteiger partial charge in [-0.2, -0.15) is 4.98 Å². The largest absolute Gasteiger partial charge is 0.363 e. The zero-order chi connectivity index (χ0) is 13.9. The Balaban J connectivity index is 1.80. The molecule has 2 aromatic heterocycles. The van der Waals surface area contributed by atoms with E-state index in [1.165, 1.54) is 0 Å². The molecular weight excluding hydrogens is 256 g/mol. The fourth-order valence-corrected chi connectivity index (χ4v) is 1.79. The summed E-state index contributed by atoms with van der Waals surface area (Å²) >= 11 is 0. The minimum atomic E-state index is -0.623. The Kier molecular flexibility index (Phi) is 3.00. The number of carbonyl (C=O) groups is 1. The number of aromatic nitrogens is 4. The van der Waals surface area contributed by atoms with Crippen LogP contribution in [-0.2, 0) is 6.54 Å². The van der Waals surface area contributed by atoms with Crippen molar-refractivity contribution in [1.29, 1.82) is 0 Å². The van der Waals surface area contributed by atoms with Gasteiger partial charge in [-0.05, 0) is 5.56 Å². The highest BCUT2D eigenvalue weighted by Gasteiger charge is 2.09. The van der Waals surface area contributed by atoms with E-state index in [0.717, 1.165) is 5.56 Å². The molecule has 0 bridgehead atoms. The Labute approximate surface area is 114 Å². The lowest BCUT2D eigenvalue weighted by Gasteiger charge is -2.03. The number of hydrogen-bond acceptors (Lipinski definition) is 5. The van der Waals surface area contributed by atoms with Crippen molar-refractivity contribution < 1.29 is 4.79 Å². The van der Waals surface area contributed by atoms with Crippen molar-refractivity contribution in [2.75, 3.05) is 5.32 Å². The molecule has 0 unspecified atom stereocenters. The van der Waals surface area contributed by atoms with Crippen LogP contribution >= 0.6 is 0 Å². The molecule has 4 N–H and O–H groups in total. The SMILES string of the molecule is NC(=O)c1nc2nc(NCc3ccccc3)ncc2[nH]1. The predicted octanol–water partition coefficient (Wildman–Crippen LogP) is 1.06. The van der Waals surface area contributed by atoms with Crippen molar-refractivity contribution in [3.05, 3.63) is 47.9 Å². The standard InChI is InChI=1S/C13H12N6O/c14-10(20)12-17-9-7-16-13(19-11(9)18-12)15-6-8-4-2-1-3-5-8/h1-5,7H,6H2,(H2,14,20)(H2,15,16,17,18,19). The van der Waals surface area contributed by atoms with Crippen molar-refractivity contribution in [3.63, 3.8) is 0 Å². The first-order valence-corrected chi connectivity index (χ1v) is 6.03. The lowest BCUT2D eigenvalue weighted by molar-refractivity contribution is 0.0991. The molecule has 100 valence electrons. The Morgan fingerprint density at radius 3 is 2.80 bits per heavy atom. The number of imidazole rings is 1. The van der Waals surface area contributed by atoms with Crippen LogP contribution in [0.2, 0.25) is 0 Å². The molecule has 0 saturated heterocycles. The molecule has 0 atom stereocenters. The lowest BCUT2D eigenvalue weighted by Crippen LogP contribution is -2.12. The summed E-state index contributed by atoms with van der Waals surface area (Å²) in [5.74, 6) is -0.0971. The van der Waals surface area contributed by atoms with Gasteiger partial charge in [-0.25, -0.2) is 9.97 Å². The van der Waals surface area contributed by atoms with E-state index in [0.29, 0.717) is 23.7 Å². The maximum atomic E-state index is 11.0. The van der Waals surface area contributed by atoms with Gasteiger partial charge in [-0.1, -0.05) is 30.3 Å². The molecule has 7 heteroatoms. The Morgan fingerprint density at radius 2 is 2.05 bits per heavy atom. The normalized spacial score (nSPS) is 10.6. The highest BCUT2D eigenvalue weighted by molar-refractivity contribution is 5.92. The fourth-order valence-electron chi connectivity index (χ4n) is 1.79. The summed E-state index contributed by atoms with van der Waals surface area (Å²) < 4.78 is 0. The number of nitrogens with zero attached hydrogens (tertiary/aromatic N) is 3. The van der Waals surface area contributed by atoms with Gasteiger partial charge < -0.3 is 16.0 Å². The summed E-state index contributed by atoms with van der Waals surface area (Å²) in [7, 11) is 0. The van der Waals surface area contributed by atoms with Crippen LogP contribution in [0.5, 0.6) is 0 Å². The predicted molar refractivity (Wildman–Crippen MR) is 74.0 cm³/mol. The molecule has 0 fully saturated rings. The van der Waals surface area contributed by atoms with Crippen molar-refractivity contribution in [1.82, 2.24) is 19.9 Å². The number of H-pyrrole nitrogens is 1. The van der Waals surface area contributed by atoms with E-state index >= 15 is 0 Å². The van der Waals surface area contributed by atoms with Crippen LogP contribution < -0.4 is 11.1 Å². The van der Waals surface area contributed by atoms with Gasteiger partial charge in [0.05, 0.1) is 6.20 Å². The molecule has 2 heterocycles. The average Bonchev–Trinajstić information content (AvgIpc) is 2.89. The van der Waals surface area contributed by atoms with Gasteiger partial charge in [-0.3, -0.25) is 4.79 Å². The van der Waals surface area contributed by atoms with Crippen LogP contribution in [0.15, 0.2) is 36.5 Å². The zero-order valence-electron chi connectivity index (χ0n) is 10.5. The third-order valence-corrected chi connectivity index (χ3v) is 2.77. The van der Waals surface area contributed by atoms with Gasteiger partial charge in [0.2, 0.25) is 5.95 Å². The summed E-state index contributed by atoms with van der Waals surface area (Å²) in [4.78, 5) is 26.2. The number of anilines is 1. The van der Waals surface area contributed by atoms with Crippen LogP contribution in [-0.4, -0.2) is 25.8 Å². The number of nitrogens with two attached hydrogens (primary N) is 1. The van der Waals surface area contributed by atoms with Gasteiger partial charge in [0.15, 0.2) is 11.5 Å². The van der Waals surface area contributed by atoms with Gasteiger partial charge in [0.1, 0.15) is 5.52 Å². The number of aromatic amines is 1. The summed E-state index contributed by atoms with van der Waals surface area (Å²) in [5.41, 5.74) is 7.26. The van der Waals surface area contributed by atoms with Crippen molar-refractivity contribution in [2.24, 2.45) is 5.73 Å². The van der Waals surface area contributed by atoms with E-state index in [1.54, 1.807) is 6.20 Å². The molecule has 1 aromatic carbocycles. The first-order chi connectivity index (χ1) is 9.72. The molecule has 3 rings (SSSR count). The van der Waals surface area contributed by atoms with Crippen molar-refractivity contribution in [3.8, 4) is 0 Å². The van der Waals surface area contributed by atoms with Crippen LogP contribution in [0.1, 0.15) is 16.2 Å². The molecule has 20 heavy (non-hydrogen) atoms. The Hall–Kier alpha value is -2.96. The van der Waals surface area contributed by atoms with Crippen molar-refractivity contribution in [2.45, 2.75) is 6.54 Å². The highest BCUT2D eigenvalue weighted by atomic mass is 16.1. The second kappa shape index (κ2) is 4.96. The van der Waals surface area contributed by atoms with Gasteiger partial charge in [0, 0.05) is 6.54 Å². The first-order valence-electron chi connectivity index (χ1n) is 6.03. The van der Waals surface area contributed by atoms with Crippen LogP contribution in [0.4, 0.5) is 5.95 Å². The van der Waals surface area contributed by atoms with E-state index < -0.39 is 5.91 Å². The summed E-state index contributed by atoms with van der Waals surface area (Å²) in [6.07, 6.45) is 1.56. The third kappa shape index (κ3) is 2.41. The Bertz CT molecular complexity index is 752. The van der Waals surface area contributed by atoms with E-state index in [9.17, 15) is 4.79 Å². The molecule has 0 saturated carbocycles. The Morgan fingerprint density at radius 1 is 1.25 bits per heavy atom. The number of amides is 1. The smallest absolute Gasteiger partial charge is 0.284 e. The lowest BCUT2D eigenvalue weighted by atomic mass is 10.2. The first kappa shape index (κ1) is 12.1. The molecule has 0 spiro atoms.